The third kappa shape index (κ3) is 4.57. The lowest BCUT2D eigenvalue weighted by atomic mass is 10.0. The average Bonchev–Trinajstić information content (AvgIpc) is 2.84. The fourth-order valence-corrected chi connectivity index (χ4v) is 3.47. The Hall–Kier alpha value is -0.380. The molecule has 20 heavy (non-hydrogen) atoms. The van der Waals surface area contributed by atoms with Crippen LogP contribution in [0.15, 0.2) is 28.7 Å². The van der Waals surface area contributed by atoms with Crippen molar-refractivity contribution in [1.29, 1.82) is 0 Å². The molecule has 2 unspecified atom stereocenters. The number of rotatable bonds is 7. The van der Waals surface area contributed by atoms with Crippen LogP contribution in [0.1, 0.15) is 51.1 Å². The summed E-state index contributed by atoms with van der Waals surface area (Å²) in [5, 5.41) is 3.70. The van der Waals surface area contributed by atoms with Crippen molar-refractivity contribution in [2.45, 2.75) is 51.6 Å². The molecule has 1 aliphatic heterocycles. The molecule has 1 fully saturated rings. The molecule has 0 saturated carbocycles. The first-order valence-corrected chi connectivity index (χ1v) is 8.73. The van der Waals surface area contributed by atoms with Gasteiger partial charge in [-0.15, -0.1) is 0 Å². The lowest BCUT2D eigenvalue weighted by molar-refractivity contribution is 0.251. The van der Waals surface area contributed by atoms with E-state index in [2.05, 4.69) is 64.3 Å². The van der Waals surface area contributed by atoms with Crippen molar-refractivity contribution in [2.75, 3.05) is 19.6 Å². The summed E-state index contributed by atoms with van der Waals surface area (Å²) in [6, 6.07) is 9.97. The zero-order valence-electron chi connectivity index (χ0n) is 12.7. The van der Waals surface area contributed by atoms with Gasteiger partial charge in [0, 0.05) is 23.1 Å². The molecular formula is C17H27BrN2. The molecule has 2 atom stereocenters. The van der Waals surface area contributed by atoms with Gasteiger partial charge >= 0.3 is 0 Å². The molecule has 1 saturated heterocycles. The van der Waals surface area contributed by atoms with Crippen LogP contribution in [0, 0.1) is 0 Å². The normalized spacial score (nSPS) is 21.2. The number of benzene rings is 1. The SMILES string of the molecule is CCCNC(CCN1CCCC1C)c1cccc(Br)c1. The fraction of sp³-hybridized carbons (Fsp3) is 0.647. The van der Waals surface area contributed by atoms with Gasteiger partial charge in [-0.3, -0.25) is 0 Å². The molecule has 1 aliphatic rings. The summed E-state index contributed by atoms with van der Waals surface area (Å²) in [4.78, 5) is 2.64. The highest BCUT2D eigenvalue weighted by molar-refractivity contribution is 9.10. The van der Waals surface area contributed by atoms with Crippen molar-refractivity contribution in [2.24, 2.45) is 0 Å². The number of likely N-dealkylation sites (tertiary alicyclic amines) is 1. The van der Waals surface area contributed by atoms with Crippen molar-refractivity contribution in [3.8, 4) is 0 Å². The highest BCUT2D eigenvalue weighted by Gasteiger charge is 2.21. The number of nitrogens with zero attached hydrogens (tertiary/aromatic N) is 1. The van der Waals surface area contributed by atoms with E-state index in [1.165, 1.54) is 48.8 Å². The van der Waals surface area contributed by atoms with E-state index >= 15 is 0 Å². The molecule has 112 valence electrons. The third-order valence-corrected chi connectivity index (χ3v) is 4.78. The summed E-state index contributed by atoms with van der Waals surface area (Å²) >= 11 is 3.59. The van der Waals surface area contributed by atoms with Crippen LogP contribution in [0.3, 0.4) is 0 Å². The molecule has 0 aliphatic carbocycles. The molecule has 1 N–H and O–H groups in total. The van der Waals surface area contributed by atoms with Gasteiger partial charge in [-0.25, -0.2) is 0 Å². The monoisotopic (exact) mass is 338 g/mol. The maximum absolute atomic E-state index is 3.70. The Morgan fingerprint density at radius 2 is 2.30 bits per heavy atom. The van der Waals surface area contributed by atoms with Gasteiger partial charge in [0.05, 0.1) is 0 Å². The van der Waals surface area contributed by atoms with E-state index in [1.807, 2.05) is 0 Å². The lowest BCUT2D eigenvalue weighted by Crippen LogP contribution is -2.32. The molecule has 2 nitrogen and oxygen atoms in total. The Morgan fingerprint density at radius 3 is 2.95 bits per heavy atom. The Labute approximate surface area is 132 Å². The number of hydrogen-bond acceptors (Lipinski definition) is 2. The molecule has 0 amide bonds. The largest absolute Gasteiger partial charge is 0.310 e. The average molecular weight is 339 g/mol. The van der Waals surface area contributed by atoms with Crippen LogP contribution in [-0.4, -0.2) is 30.6 Å². The van der Waals surface area contributed by atoms with Crippen molar-refractivity contribution in [3.63, 3.8) is 0 Å². The minimum atomic E-state index is 0.472. The standard InChI is InChI=1S/C17H27BrN2/c1-3-10-19-17(15-7-4-8-16(18)13-15)9-12-20-11-5-6-14(20)2/h4,7-8,13-14,17,19H,3,5-6,9-12H2,1-2H3. The summed E-state index contributed by atoms with van der Waals surface area (Å²) in [6.45, 7) is 8.16. The fourth-order valence-electron chi connectivity index (χ4n) is 3.05. The van der Waals surface area contributed by atoms with E-state index in [-0.39, 0.29) is 0 Å². The molecule has 0 aromatic heterocycles. The molecule has 1 aromatic carbocycles. The summed E-state index contributed by atoms with van der Waals surface area (Å²) in [7, 11) is 0. The number of nitrogens with one attached hydrogen (secondary N) is 1. The second-order valence-electron chi connectivity index (χ2n) is 5.88. The maximum atomic E-state index is 3.70. The van der Waals surface area contributed by atoms with Gasteiger partial charge in [0.15, 0.2) is 0 Å². The van der Waals surface area contributed by atoms with Gasteiger partial charge in [-0.05, 0) is 63.4 Å². The van der Waals surface area contributed by atoms with Crippen LogP contribution >= 0.6 is 15.9 Å². The topological polar surface area (TPSA) is 15.3 Å². The second-order valence-corrected chi connectivity index (χ2v) is 6.79. The van der Waals surface area contributed by atoms with Crippen LogP contribution < -0.4 is 5.32 Å². The first kappa shape index (κ1) is 16.0. The molecule has 1 heterocycles. The van der Waals surface area contributed by atoms with E-state index in [4.69, 9.17) is 0 Å². The van der Waals surface area contributed by atoms with Crippen LogP contribution in [0.5, 0.6) is 0 Å². The Bertz CT molecular complexity index is 408. The van der Waals surface area contributed by atoms with Gasteiger partial charge < -0.3 is 10.2 Å². The van der Waals surface area contributed by atoms with E-state index in [1.54, 1.807) is 0 Å². The minimum absolute atomic E-state index is 0.472. The van der Waals surface area contributed by atoms with Crippen molar-refractivity contribution >= 4 is 15.9 Å². The summed E-state index contributed by atoms with van der Waals surface area (Å²) in [5.41, 5.74) is 1.40. The molecule has 0 bridgehead atoms. The van der Waals surface area contributed by atoms with Crippen LogP contribution in [0.4, 0.5) is 0 Å². The highest BCUT2D eigenvalue weighted by Crippen LogP contribution is 2.23. The van der Waals surface area contributed by atoms with Gasteiger partial charge in [0.2, 0.25) is 0 Å². The molecule has 0 radical (unpaired) electrons. The quantitative estimate of drug-likeness (QED) is 0.794. The lowest BCUT2D eigenvalue weighted by Gasteiger charge is -2.25. The zero-order valence-corrected chi connectivity index (χ0v) is 14.3. The Kier molecular flexibility index (Phi) is 6.53. The maximum Gasteiger partial charge on any atom is 0.0332 e. The first-order valence-electron chi connectivity index (χ1n) is 7.93. The predicted octanol–water partition coefficient (Wildman–Crippen LogP) is 4.36. The van der Waals surface area contributed by atoms with E-state index in [9.17, 15) is 0 Å². The van der Waals surface area contributed by atoms with Crippen LogP contribution in [0.25, 0.3) is 0 Å². The minimum Gasteiger partial charge on any atom is -0.310 e. The molecule has 0 spiro atoms. The second kappa shape index (κ2) is 8.16. The summed E-state index contributed by atoms with van der Waals surface area (Å²) in [5.74, 6) is 0. The van der Waals surface area contributed by atoms with Gasteiger partial charge in [-0.1, -0.05) is 35.0 Å². The van der Waals surface area contributed by atoms with E-state index in [0.29, 0.717) is 6.04 Å². The van der Waals surface area contributed by atoms with Crippen LogP contribution in [0.2, 0.25) is 0 Å². The van der Waals surface area contributed by atoms with Gasteiger partial charge in [0.1, 0.15) is 0 Å². The summed E-state index contributed by atoms with van der Waals surface area (Å²) < 4.78 is 1.17. The highest BCUT2D eigenvalue weighted by atomic mass is 79.9. The van der Waals surface area contributed by atoms with Crippen molar-refractivity contribution in [1.82, 2.24) is 10.2 Å². The van der Waals surface area contributed by atoms with Crippen molar-refractivity contribution < 1.29 is 0 Å². The van der Waals surface area contributed by atoms with Crippen molar-refractivity contribution in [3.05, 3.63) is 34.3 Å². The van der Waals surface area contributed by atoms with Crippen LogP contribution in [-0.2, 0) is 0 Å². The molecular weight excluding hydrogens is 312 g/mol. The first-order chi connectivity index (χ1) is 9.70. The number of halogens is 1. The van der Waals surface area contributed by atoms with Gasteiger partial charge in [0.25, 0.3) is 0 Å². The number of hydrogen-bond donors (Lipinski definition) is 1. The van der Waals surface area contributed by atoms with E-state index in [0.717, 1.165) is 12.6 Å². The molecule has 2 rings (SSSR count). The molecule has 3 heteroatoms. The summed E-state index contributed by atoms with van der Waals surface area (Å²) in [6.07, 6.45) is 5.11. The van der Waals surface area contributed by atoms with Gasteiger partial charge in [-0.2, -0.15) is 0 Å². The Balaban J connectivity index is 1.96. The Morgan fingerprint density at radius 1 is 1.45 bits per heavy atom. The third-order valence-electron chi connectivity index (χ3n) is 4.29. The smallest absolute Gasteiger partial charge is 0.0332 e. The van der Waals surface area contributed by atoms with E-state index < -0.39 is 0 Å². The zero-order chi connectivity index (χ0) is 14.4. The molecule has 1 aromatic rings. The predicted molar refractivity (Wildman–Crippen MR) is 90.1 cm³/mol.